The summed E-state index contributed by atoms with van der Waals surface area (Å²) in [4.78, 5) is 21.1. The van der Waals surface area contributed by atoms with Gasteiger partial charge in [-0.25, -0.2) is 0 Å². The van der Waals surface area contributed by atoms with Crippen LogP contribution in [0.2, 0.25) is 0 Å². The highest BCUT2D eigenvalue weighted by atomic mass is 35.5. The summed E-state index contributed by atoms with van der Waals surface area (Å²) in [5.41, 5.74) is 6.25. The number of nitrogens with two attached hydrogens (primary N) is 1. The zero-order valence-corrected chi connectivity index (χ0v) is 10.6. The maximum Gasteiger partial charge on any atom is 0.269 e. The lowest BCUT2D eigenvalue weighted by molar-refractivity contribution is -0.384. The number of amides is 1. The Balaban J connectivity index is 0.00000289. The molecule has 0 spiro atoms. The zero-order valence-electron chi connectivity index (χ0n) is 9.80. The second kappa shape index (κ2) is 8.43. The van der Waals surface area contributed by atoms with Crippen LogP contribution in [0, 0.1) is 10.1 Å². The number of hydrogen-bond acceptors (Lipinski definition) is 4. The number of nitro groups is 1. The number of hydrogen-bond donors (Lipinski definition) is 2. The third kappa shape index (κ3) is 5.60. The van der Waals surface area contributed by atoms with Crippen molar-refractivity contribution in [2.24, 2.45) is 5.73 Å². The lowest BCUT2D eigenvalue weighted by atomic mass is 10.1. The monoisotopic (exact) mass is 273 g/mol. The molecule has 0 radical (unpaired) electrons. The highest BCUT2D eigenvalue weighted by Gasteiger charge is 2.04. The molecule has 3 N–H and O–H groups in total. The van der Waals surface area contributed by atoms with Crippen molar-refractivity contribution in [3.63, 3.8) is 0 Å². The second-order valence-electron chi connectivity index (χ2n) is 3.56. The standard InChI is InChI=1S/C11H15N3O3.ClH/c12-7-5-11(15)13-8-6-9-1-3-10(4-2-9)14(16)17;/h1-4H,5-8,12H2,(H,13,15);1H. The van der Waals surface area contributed by atoms with Gasteiger partial charge in [-0.3, -0.25) is 14.9 Å². The van der Waals surface area contributed by atoms with E-state index < -0.39 is 4.92 Å². The van der Waals surface area contributed by atoms with Gasteiger partial charge >= 0.3 is 0 Å². The average molecular weight is 274 g/mol. The minimum absolute atomic E-state index is 0. The van der Waals surface area contributed by atoms with Crippen LogP contribution in [0.3, 0.4) is 0 Å². The number of carbonyl (C=O) groups is 1. The van der Waals surface area contributed by atoms with Gasteiger partial charge in [-0.1, -0.05) is 12.1 Å². The van der Waals surface area contributed by atoms with E-state index in [0.717, 1.165) is 5.56 Å². The fourth-order valence-corrected chi connectivity index (χ4v) is 1.35. The Kier molecular flexibility index (Phi) is 7.66. The van der Waals surface area contributed by atoms with Gasteiger partial charge in [0.2, 0.25) is 5.91 Å². The SMILES string of the molecule is Cl.NCCC(=O)NCCc1ccc([N+](=O)[O-])cc1. The molecule has 1 aromatic carbocycles. The van der Waals surface area contributed by atoms with Crippen LogP contribution in [0.15, 0.2) is 24.3 Å². The molecular formula is C11H16ClN3O3. The van der Waals surface area contributed by atoms with E-state index in [4.69, 9.17) is 5.73 Å². The fourth-order valence-electron chi connectivity index (χ4n) is 1.35. The number of benzene rings is 1. The van der Waals surface area contributed by atoms with E-state index in [1.807, 2.05) is 0 Å². The predicted molar refractivity (Wildman–Crippen MR) is 70.7 cm³/mol. The van der Waals surface area contributed by atoms with Crippen LogP contribution in [0.25, 0.3) is 0 Å². The topological polar surface area (TPSA) is 98.3 Å². The van der Waals surface area contributed by atoms with Crippen LogP contribution in [-0.2, 0) is 11.2 Å². The molecule has 1 rings (SSSR count). The van der Waals surface area contributed by atoms with Gasteiger partial charge in [0, 0.05) is 31.6 Å². The highest BCUT2D eigenvalue weighted by molar-refractivity contribution is 5.85. The molecule has 6 nitrogen and oxygen atoms in total. The molecule has 1 aromatic rings. The number of rotatable bonds is 6. The molecule has 0 saturated heterocycles. The Labute approximate surface area is 111 Å². The van der Waals surface area contributed by atoms with Crippen LogP contribution >= 0.6 is 12.4 Å². The van der Waals surface area contributed by atoms with E-state index in [1.165, 1.54) is 12.1 Å². The number of halogens is 1. The molecule has 0 aliphatic heterocycles. The summed E-state index contributed by atoms with van der Waals surface area (Å²) in [7, 11) is 0. The molecular weight excluding hydrogens is 258 g/mol. The van der Waals surface area contributed by atoms with E-state index in [1.54, 1.807) is 12.1 Å². The Bertz CT molecular complexity index is 395. The maximum atomic E-state index is 11.1. The molecule has 0 fully saturated rings. The molecule has 100 valence electrons. The molecule has 1 amide bonds. The fraction of sp³-hybridized carbons (Fsp3) is 0.364. The minimum Gasteiger partial charge on any atom is -0.356 e. The summed E-state index contributed by atoms with van der Waals surface area (Å²) in [6.45, 7) is 0.847. The molecule has 0 aromatic heterocycles. The van der Waals surface area contributed by atoms with E-state index in [-0.39, 0.29) is 24.0 Å². The van der Waals surface area contributed by atoms with E-state index >= 15 is 0 Å². The number of nitro benzene ring substituents is 1. The Morgan fingerprint density at radius 2 is 1.94 bits per heavy atom. The lowest BCUT2D eigenvalue weighted by Gasteiger charge is -2.04. The van der Waals surface area contributed by atoms with Crippen LogP contribution in [0.5, 0.6) is 0 Å². The van der Waals surface area contributed by atoms with Crippen molar-refractivity contribution in [2.75, 3.05) is 13.1 Å². The summed E-state index contributed by atoms with van der Waals surface area (Å²) in [6.07, 6.45) is 0.967. The zero-order chi connectivity index (χ0) is 12.7. The third-order valence-electron chi connectivity index (χ3n) is 2.25. The molecule has 0 aliphatic rings. The van der Waals surface area contributed by atoms with Gasteiger partial charge in [0.15, 0.2) is 0 Å². The van der Waals surface area contributed by atoms with E-state index in [2.05, 4.69) is 5.32 Å². The smallest absolute Gasteiger partial charge is 0.269 e. The summed E-state index contributed by atoms with van der Waals surface area (Å²) >= 11 is 0. The van der Waals surface area contributed by atoms with Crippen molar-refractivity contribution in [1.82, 2.24) is 5.32 Å². The quantitative estimate of drug-likeness (QED) is 0.597. The first-order chi connectivity index (χ1) is 8.13. The predicted octanol–water partition coefficient (Wildman–Crippen LogP) is 1.02. The third-order valence-corrected chi connectivity index (χ3v) is 2.25. The lowest BCUT2D eigenvalue weighted by Crippen LogP contribution is -2.27. The van der Waals surface area contributed by atoms with Gasteiger partial charge < -0.3 is 11.1 Å². The molecule has 0 saturated carbocycles. The number of carbonyl (C=O) groups excluding carboxylic acids is 1. The summed E-state index contributed by atoms with van der Waals surface area (Å²) in [5.74, 6) is -0.0746. The molecule has 7 heteroatoms. The van der Waals surface area contributed by atoms with Crippen LogP contribution in [0.1, 0.15) is 12.0 Å². The minimum atomic E-state index is -0.438. The normalized spacial score (nSPS) is 9.39. The van der Waals surface area contributed by atoms with Crippen molar-refractivity contribution in [2.45, 2.75) is 12.8 Å². The first kappa shape index (κ1) is 16.3. The van der Waals surface area contributed by atoms with Crippen molar-refractivity contribution in [3.8, 4) is 0 Å². The summed E-state index contributed by atoms with van der Waals surface area (Å²) in [5, 5.41) is 13.1. The van der Waals surface area contributed by atoms with Gasteiger partial charge in [0.05, 0.1) is 4.92 Å². The Morgan fingerprint density at radius 1 is 1.33 bits per heavy atom. The van der Waals surface area contributed by atoms with Gasteiger partial charge in [-0.15, -0.1) is 12.4 Å². The Morgan fingerprint density at radius 3 is 2.44 bits per heavy atom. The van der Waals surface area contributed by atoms with Crippen LogP contribution in [-0.4, -0.2) is 23.9 Å². The van der Waals surface area contributed by atoms with E-state index in [0.29, 0.717) is 25.9 Å². The van der Waals surface area contributed by atoms with Gasteiger partial charge in [0.25, 0.3) is 5.69 Å². The molecule has 18 heavy (non-hydrogen) atoms. The first-order valence-electron chi connectivity index (χ1n) is 5.33. The van der Waals surface area contributed by atoms with Crippen molar-refractivity contribution in [3.05, 3.63) is 39.9 Å². The maximum absolute atomic E-state index is 11.1. The van der Waals surface area contributed by atoms with Crippen LogP contribution in [0.4, 0.5) is 5.69 Å². The molecule has 0 heterocycles. The van der Waals surface area contributed by atoms with Gasteiger partial charge in [0.1, 0.15) is 0 Å². The largest absolute Gasteiger partial charge is 0.356 e. The molecule has 0 bridgehead atoms. The second-order valence-corrected chi connectivity index (χ2v) is 3.56. The summed E-state index contributed by atoms with van der Waals surface area (Å²) < 4.78 is 0. The van der Waals surface area contributed by atoms with Gasteiger partial charge in [-0.2, -0.15) is 0 Å². The average Bonchev–Trinajstić information content (AvgIpc) is 2.30. The number of nitrogens with one attached hydrogen (secondary N) is 1. The molecule has 0 atom stereocenters. The first-order valence-corrected chi connectivity index (χ1v) is 5.33. The van der Waals surface area contributed by atoms with E-state index in [9.17, 15) is 14.9 Å². The van der Waals surface area contributed by atoms with Crippen LogP contribution < -0.4 is 11.1 Å². The number of non-ortho nitro benzene ring substituents is 1. The highest BCUT2D eigenvalue weighted by Crippen LogP contribution is 2.11. The Hall–Kier alpha value is -1.66. The number of nitrogens with zero attached hydrogens (tertiary/aromatic N) is 1. The molecule has 0 unspecified atom stereocenters. The molecule has 0 aliphatic carbocycles. The van der Waals surface area contributed by atoms with Crippen molar-refractivity contribution >= 4 is 24.0 Å². The van der Waals surface area contributed by atoms with Crippen molar-refractivity contribution in [1.29, 1.82) is 0 Å². The summed E-state index contributed by atoms with van der Waals surface area (Å²) in [6, 6.07) is 6.29. The van der Waals surface area contributed by atoms with Gasteiger partial charge in [-0.05, 0) is 12.0 Å². The van der Waals surface area contributed by atoms with Crippen molar-refractivity contribution < 1.29 is 9.72 Å².